The van der Waals surface area contributed by atoms with E-state index in [0.29, 0.717) is 0 Å². The first kappa shape index (κ1) is 24.6. The van der Waals surface area contributed by atoms with Gasteiger partial charge in [0.15, 0.2) is 0 Å². The molecule has 0 bridgehead atoms. The fourth-order valence-corrected chi connectivity index (χ4v) is 7.69. The second-order valence-corrected chi connectivity index (χ2v) is 12.0. The maximum Gasteiger partial charge on any atom is -0.0383 e. The topological polar surface area (TPSA) is 0 Å². The van der Waals surface area contributed by atoms with Gasteiger partial charge < -0.3 is 0 Å². The molecule has 3 saturated carbocycles. The lowest BCUT2D eigenvalue weighted by atomic mass is 9.69. The van der Waals surface area contributed by atoms with Crippen LogP contribution in [0.1, 0.15) is 155 Å². The largest absolute Gasteiger partial charge is 0.0654 e. The van der Waals surface area contributed by atoms with Crippen LogP contribution in [-0.2, 0) is 0 Å². The Labute approximate surface area is 190 Å². The number of unbranched alkanes of at least 4 members (excludes halogenated alkanes) is 2. The highest BCUT2D eigenvalue weighted by molar-refractivity contribution is 4.82. The Morgan fingerprint density at radius 1 is 0.533 bits per heavy atom. The standard InChI is InChI=1S/C30H56/c1-3-5-7-11-26-18-20-28(21-19-26)24-30(29-12-8-6-9-13-29)23-22-27-16-14-25(10-4-2)15-17-27/h25-30H,3-24H2,1-2H3. The Balaban J connectivity index is 1.42. The summed E-state index contributed by atoms with van der Waals surface area (Å²) in [5.41, 5.74) is 0. The van der Waals surface area contributed by atoms with Gasteiger partial charge in [0.2, 0.25) is 0 Å². The molecule has 0 aromatic heterocycles. The first-order chi connectivity index (χ1) is 14.8. The Morgan fingerprint density at radius 2 is 1.10 bits per heavy atom. The lowest BCUT2D eigenvalue weighted by Crippen LogP contribution is -2.24. The Hall–Kier alpha value is 0. The van der Waals surface area contributed by atoms with Crippen LogP contribution >= 0.6 is 0 Å². The van der Waals surface area contributed by atoms with Crippen LogP contribution in [0.4, 0.5) is 0 Å². The molecule has 30 heavy (non-hydrogen) atoms. The van der Waals surface area contributed by atoms with E-state index in [1.165, 1.54) is 57.8 Å². The van der Waals surface area contributed by atoms with Gasteiger partial charge in [-0.25, -0.2) is 0 Å². The number of hydrogen-bond donors (Lipinski definition) is 0. The van der Waals surface area contributed by atoms with E-state index in [1.807, 2.05) is 0 Å². The summed E-state index contributed by atoms with van der Waals surface area (Å²) in [6, 6.07) is 0. The molecule has 1 unspecified atom stereocenters. The molecule has 0 spiro atoms. The van der Waals surface area contributed by atoms with Crippen molar-refractivity contribution in [2.45, 2.75) is 155 Å². The molecule has 0 aromatic rings. The molecule has 176 valence electrons. The highest BCUT2D eigenvalue weighted by Gasteiger charge is 2.30. The van der Waals surface area contributed by atoms with Crippen LogP contribution in [-0.4, -0.2) is 0 Å². The summed E-state index contributed by atoms with van der Waals surface area (Å²) in [5.74, 6) is 6.50. The van der Waals surface area contributed by atoms with Gasteiger partial charge in [-0.1, -0.05) is 142 Å². The molecule has 3 aliphatic rings. The minimum Gasteiger partial charge on any atom is -0.0654 e. The molecular formula is C30H56. The summed E-state index contributed by atoms with van der Waals surface area (Å²) in [4.78, 5) is 0. The number of hydrogen-bond acceptors (Lipinski definition) is 0. The zero-order chi connectivity index (χ0) is 21.0. The van der Waals surface area contributed by atoms with E-state index < -0.39 is 0 Å². The molecule has 0 heteroatoms. The third kappa shape index (κ3) is 8.50. The van der Waals surface area contributed by atoms with Crippen molar-refractivity contribution in [3.8, 4) is 0 Å². The van der Waals surface area contributed by atoms with Crippen LogP contribution in [0.5, 0.6) is 0 Å². The van der Waals surface area contributed by atoms with Crippen molar-refractivity contribution in [3.05, 3.63) is 0 Å². The van der Waals surface area contributed by atoms with Gasteiger partial charge >= 0.3 is 0 Å². The SMILES string of the molecule is CCCCCC1CCC(CC(CCC2CCC(CCC)CC2)C2CCCCC2)CC1. The monoisotopic (exact) mass is 416 g/mol. The van der Waals surface area contributed by atoms with Crippen molar-refractivity contribution in [1.82, 2.24) is 0 Å². The van der Waals surface area contributed by atoms with Crippen LogP contribution in [0.3, 0.4) is 0 Å². The van der Waals surface area contributed by atoms with Gasteiger partial charge in [0, 0.05) is 0 Å². The molecule has 0 radical (unpaired) electrons. The van der Waals surface area contributed by atoms with Crippen molar-refractivity contribution in [2.24, 2.45) is 35.5 Å². The summed E-state index contributed by atoms with van der Waals surface area (Å²) in [6.07, 6.45) is 33.8. The molecule has 3 aliphatic carbocycles. The van der Waals surface area contributed by atoms with Crippen molar-refractivity contribution in [2.75, 3.05) is 0 Å². The minimum absolute atomic E-state index is 1.08. The van der Waals surface area contributed by atoms with E-state index in [1.54, 1.807) is 83.5 Å². The summed E-state index contributed by atoms with van der Waals surface area (Å²) in [5, 5.41) is 0. The van der Waals surface area contributed by atoms with Gasteiger partial charge in [0.1, 0.15) is 0 Å². The number of rotatable bonds is 12. The van der Waals surface area contributed by atoms with Crippen molar-refractivity contribution < 1.29 is 0 Å². The lowest BCUT2D eigenvalue weighted by molar-refractivity contribution is 0.149. The van der Waals surface area contributed by atoms with Gasteiger partial charge in [-0.15, -0.1) is 0 Å². The Kier molecular flexibility index (Phi) is 11.7. The molecule has 0 aromatic carbocycles. The molecule has 0 saturated heterocycles. The second-order valence-electron chi connectivity index (χ2n) is 12.0. The molecule has 0 aliphatic heterocycles. The minimum atomic E-state index is 1.08. The van der Waals surface area contributed by atoms with Crippen LogP contribution in [0.2, 0.25) is 0 Å². The van der Waals surface area contributed by atoms with E-state index >= 15 is 0 Å². The molecule has 0 amide bonds. The van der Waals surface area contributed by atoms with E-state index in [4.69, 9.17) is 0 Å². The first-order valence-corrected chi connectivity index (χ1v) is 14.8. The fourth-order valence-electron chi connectivity index (χ4n) is 7.69. The molecule has 3 fully saturated rings. The quantitative estimate of drug-likeness (QED) is 0.277. The van der Waals surface area contributed by atoms with Gasteiger partial charge in [0.05, 0.1) is 0 Å². The fraction of sp³-hybridized carbons (Fsp3) is 1.00. The third-order valence-corrected chi connectivity index (χ3v) is 9.74. The summed E-state index contributed by atoms with van der Waals surface area (Å²) in [7, 11) is 0. The average molecular weight is 417 g/mol. The van der Waals surface area contributed by atoms with E-state index in [2.05, 4.69) is 13.8 Å². The van der Waals surface area contributed by atoms with Crippen molar-refractivity contribution in [3.63, 3.8) is 0 Å². The van der Waals surface area contributed by atoms with E-state index in [9.17, 15) is 0 Å². The van der Waals surface area contributed by atoms with Crippen LogP contribution in [0.15, 0.2) is 0 Å². The van der Waals surface area contributed by atoms with Gasteiger partial charge in [-0.2, -0.15) is 0 Å². The summed E-state index contributed by atoms with van der Waals surface area (Å²) < 4.78 is 0. The summed E-state index contributed by atoms with van der Waals surface area (Å²) >= 11 is 0. The predicted octanol–water partition coefficient (Wildman–Crippen LogP) is 10.3. The van der Waals surface area contributed by atoms with Crippen LogP contribution in [0, 0.1) is 35.5 Å². The maximum absolute atomic E-state index is 2.37. The second kappa shape index (κ2) is 14.2. The van der Waals surface area contributed by atoms with Crippen LogP contribution in [0.25, 0.3) is 0 Å². The van der Waals surface area contributed by atoms with Crippen molar-refractivity contribution in [1.29, 1.82) is 0 Å². The zero-order valence-electron chi connectivity index (χ0n) is 21.0. The average Bonchev–Trinajstić information content (AvgIpc) is 2.79. The highest BCUT2D eigenvalue weighted by atomic mass is 14.4. The molecule has 0 nitrogen and oxygen atoms in total. The lowest BCUT2D eigenvalue weighted by Gasteiger charge is -2.37. The summed E-state index contributed by atoms with van der Waals surface area (Å²) in [6.45, 7) is 4.72. The van der Waals surface area contributed by atoms with Gasteiger partial charge in [-0.05, 0) is 48.3 Å². The Bertz CT molecular complexity index is 404. The molecule has 1 atom stereocenters. The third-order valence-electron chi connectivity index (χ3n) is 9.74. The van der Waals surface area contributed by atoms with E-state index in [0.717, 1.165) is 35.5 Å². The first-order valence-electron chi connectivity index (χ1n) is 14.8. The predicted molar refractivity (Wildman–Crippen MR) is 134 cm³/mol. The van der Waals surface area contributed by atoms with Gasteiger partial charge in [-0.3, -0.25) is 0 Å². The molecular weight excluding hydrogens is 360 g/mol. The van der Waals surface area contributed by atoms with E-state index in [-0.39, 0.29) is 0 Å². The molecule has 0 heterocycles. The Morgan fingerprint density at radius 3 is 1.70 bits per heavy atom. The molecule has 0 N–H and O–H groups in total. The zero-order valence-corrected chi connectivity index (χ0v) is 21.0. The smallest absolute Gasteiger partial charge is 0.0383 e. The maximum atomic E-state index is 2.37. The van der Waals surface area contributed by atoms with Gasteiger partial charge in [0.25, 0.3) is 0 Å². The normalized spacial score (nSPS) is 32.2. The van der Waals surface area contributed by atoms with Crippen LogP contribution < -0.4 is 0 Å². The molecule has 3 rings (SSSR count). The van der Waals surface area contributed by atoms with Crippen molar-refractivity contribution >= 4 is 0 Å². The highest BCUT2D eigenvalue weighted by Crippen LogP contribution is 2.43.